The molecular formula is C13H20N2O3S. The zero-order chi connectivity index (χ0) is 14.2. The summed E-state index contributed by atoms with van der Waals surface area (Å²) in [5.74, 6) is 0. The predicted octanol–water partition coefficient (Wildman–Crippen LogP) is 1.30. The molecule has 0 saturated carbocycles. The van der Waals surface area contributed by atoms with Crippen molar-refractivity contribution in [3.63, 3.8) is 0 Å². The van der Waals surface area contributed by atoms with E-state index in [4.69, 9.17) is 10.5 Å². The molecule has 0 radical (unpaired) electrons. The Balaban J connectivity index is 2.53. The van der Waals surface area contributed by atoms with Crippen LogP contribution in [0.5, 0.6) is 0 Å². The van der Waals surface area contributed by atoms with Crippen molar-refractivity contribution in [1.82, 2.24) is 4.31 Å². The number of hydrogen-bond donors (Lipinski definition) is 1. The van der Waals surface area contributed by atoms with Crippen molar-refractivity contribution < 1.29 is 13.2 Å². The fraction of sp³-hybridized carbons (Fsp3) is 0.538. The Bertz CT molecular complexity index is 584. The van der Waals surface area contributed by atoms with Gasteiger partial charge in [0.2, 0.25) is 10.0 Å². The van der Waals surface area contributed by atoms with Crippen LogP contribution in [0.3, 0.4) is 0 Å². The number of morpholine rings is 1. The molecule has 1 aliphatic heterocycles. The Labute approximate surface area is 114 Å². The van der Waals surface area contributed by atoms with Crippen molar-refractivity contribution in [2.75, 3.05) is 25.5 Å². The summed E-state index contributed by atoms with van der Waals surface area (Å²) in [7, 11) is -3.57. The van der Waals surface area contributed by atoms with Crippen LogP contribution in [-0.4, -0.2) is 38.5 Å². The van der Waals surface area contributed by atoms with E-state index in [-0.39, 0.29) is 10.9 Å². The molecule has 1 heterocycles. The number of hydrogen-bond acceptors (Lipinski definition) is 4. The average molecular weight is 284 g/mol. The molecule has 106 valence electrons. The number of benzene rings is 1. The van der Waals surface area contributed by atoms with Gasteiger partial charge >= 0.3 is 0 Å². The lowest BCUT2D eigenvalue weighted by atomic mass is 10.1. The normalized spacial score (nSPS) is 21.5. The minimum atomic E-state index is -3.57. The molecule has 1 aliphatic rings. The summed E-state index contributed by atoms with van der Waals surface area (Å²) in [6, 6.07) is 3.47. The van der Waals surface area contributed by atoms with Crippen LogP contribution in [0.15, 0.2) is 17.0 Å². The van der Waals surface area contributed by atoms with Crippen LogP contribution in [0.4, 0.5) is 5.69 Å². The second-order valence-electron chi connectivity index (χ2n) is 4.98. The topological polar surface area (TPSA) is 72.6 Å². The van der Waals surface area contributed by atoms with E-state index >= 15 is 0 Å². The minimum Gasteiger partial charge on any atom is -0.397 e. The number of nitrogens with two attached hydrogens (primary N) is 1. The van der Waals surface area contributed by atoms with Crippen molar-refractivity contribution in [2.45, 2.75) is 31.7 Å². The molecule has 2 N–H and O–H groups in total. The highest BCUT2D eigenvalue weighted by molar-refractivity contribution is 7.89. The second kappa shape index (κ2) is 5.11. The van der Waals surface area contributed by atoms with E-state index in [1.807, 2.05) is 19.9 Å². The van der Waals surface area contributed by atoms with Crippen molar-refractivity contribution in [3.8, 4) is 0 Å². The van der Waals surface area contributed by atoms with Crippen LogP contribution in [0.25, 0.3) is 0 Å². The first-order valence-electron chi connectivity index (χ1n) is 6.31. The Kier molecular flexibility index (Phi) is 3.85. The van der Waals surface area contributed by atoms with Gasteiger partial charge in [-0.05, 0) is 31.9 Å². The van der Waals surface area contributed by atoms with Crippen molar-refractivity contribution in [3.05, 3.63) is 23.3 Å². The van der Waals surface area contributed by atoms with Crippen LogP contribution in [0, 0.1) is 13.8 Å². The summed E-state index contributed by atoms with van der Waals surface area (Å²) in [6.45, 7) is 6.65. The number of aryl methyl sites for hydroxylation is 2. The van der Waals surface area contributed by atoms with E-state index in [9.17, 15) is 8.42 Å². The molecule has 0 aromatic heterocycles. The van der Waals surface area contributed by atoms with Crippen LogP contribution in [-0.2, 0) is 14.8 Å². The van der Waals surface area contributed by atoms with Crippen LogP contribution >= 0.6 is 0 Å². The lowest BCUT2D eigenvalue weighted by molar-refractivity contribution is 0.0393. The van der Waals surface area contributed by atoms with Crippen LogP contribution < -0.4 is 5.73 Å². The maximum Gasteiger partial charge on any atom is 0.245 e. The van der Waals surface area contributed by atoms with Gasteiger partial charge in [-0.3, -0.25) is 0 Å². The van der Waals surface area contributed by atoms with Crippen molar-refractivity contribution in [2.24, 2.45) is 0 Å². The first-order valence-corrected chi connectivity index (χ1v) is 7.75. The van der Waals surface area contributed by atoms with Gasteiger partial charge in [0, 0.05) is 12.6 Å². The molecule has 1 aromatic rings. The summed E-state index contributed by atoms with van der Waals surface area (Å²) in [6.07, 6.45) is 0. The Hall–Kier alpha value is -1.11. The molecule has 19 heavy (non-hydrogen) atoms. The highest BCUT2D eigenvalue weighted by atomic mass is 32.2. The molecular weight excluding hydrogens is 264 g/mol. The molecule has 1 fully saturated rings. The zero-order valence-electron chi connectivity index (χ0n) is 11.5. The molecule has 0 spiro atoms. The van der Waals surface area contributed by atoms with E-state index in [0.29, 0.717) is 31.0 Å². The lowest BCUT2D eigenvalue weighted by Crippen LogP contribution is -2.47. The number of rotatable bonds is 2. The van der Waals surface area contributed by atoms with E-state index in [2.05, 4.69) is 0 Å². The lowest BCUT2D eigenvalue weighted by Gasteiger charge is -2.33. The molecule has 1 aromatic carbocycles. The van der Waals surface area contributed by atoms with Crippen molar-refractivity contribution in [1.29, 1.82) is 0 Å². The smallest absolute Gasteiger partial charge is 0.245 e. The number of sulfonamides is 1. The molecule has 0 bridgehead atoms. The Morgan fingerprint density at radius 1 is 1.32 bits per heavy atom. The van der Waals surface area contributed by atoms with E-state index in [0.717, 1.165) is 5.56 Å². The van der Waals surface area contributed by atoms with Gasteiger partial charge < -0.3 is 10.5 Å². The standard InChI is InChI=1S/C13H20N2O3S/c1-9-4-5-10(2)13(12(9)14)19(16,17)15-6-7-18-8-11(15)3/h4-5,11H,6-8,14H2,1-3H3. The third-order valence-electron chi connectivity index (χ3n) is 3.48. The summed E-state index contributed by atoms with van der Waals surface area (Å²) in [5.41, 5.74) is 7.80. The fourth-order valence-electron chi connectivity index (χ4n) is 2.34. The average Bonchev–Trinajstić information content (AvgIpc) is 2.34. The van der Waals surface area contributed by atoms with Gasteiger partial charge in [0.05, 0.1) is 18.9 Å². The molecule has 5 nitrogen and oxygen atoms in total. The number of nitrogen functional groups attached to an aromatic ring is 1. The zero-order valence-corrected chi connectivity index (χ0v) is 12.3. The monoisotopic (exact) mass is 284 g/mol. The fourth-order valence-corrected chi connectivity index (χ4v) is 4.33. The van der Waals surface area contributed by atoms with Crippen molar-refractivity contribution >= 4 is 15.7 Å². The summed E-state index contributed by atoms with van der Waals surface area (Å²) in [4.78, 5) is 0.237. The van der Waals surface area contributed by atoms with E-state index in [1.165, 1.54) is 4.31 Å². The van der Waals surface area contributed by atoms with E-state index < -0.39 is 10.0 Å². The predicted molar refractivity (Wildman–Crippen MR) is 74.5 cm³/mol. The third kappa shape index (κ3) is 2.48. The van der Waals surface area contributed by atoms with Crippen LogP contribution in [0.1, 0.15) is 18.1 Å². The summed E-state index contributed by atoms with van der Waals surface area (Å²) < 4.78 is 32.3. The van der Waals surface area contributed by atoms with Gasteiger partial charge in [-0.1, -0.05) is 12.1 Å². The Morgan fingerprint density at radius 3 is 2.58 bits per heavy atom. The molecule has 0 amide bonds. The van der Waals surface area contributed by atoms with Gasteiger partial charge in [-0.15, -0.1) is 0 Å². The van der Waals surface area contributed by atoms with Gasteiger partial charge in [0.25, 0.3) is 0 Å². The maximum absolute atomic E-state index is 12.8. The number of nitrogens with zero attached hydrogens (tertiary/aromatic N) is 1. The third-order valence-corrected chi connectivity index (χ3v) is 5.70. The molecule has 2 rings (SSSR count). The SMILES string of the molecule is Cc1ccc(C)c(S(=O)(=O)N2CCOCC2C)c1N. The number of anilines is 1. The molecule has 0 aliphatic carbocycles. The van der Waals surface area contributed by atoms with Gasteiger partial charge in [-0.2, -0.15) is 4.31 Å². The Morgan fingerprint density at radius 2 is 1.95 bits per heavy atom. The summed E-state index contributed by atoms with van der Waals surface area (Å²) >= 11 is 0. The van der Waals surface area contributed by atoms with Crippen LogP contribution in [0.2, 0.25) is 0 Å². The van der Waals surface area contributed by atoms with E-state index in [1.54, 1.807) is 13.0 Å². The quantitative estimate of drug-likeness (QED) is 0.831. The second-order valence-corrected chi connectivity index (χ2v) is 6.81. The minimum absolute atomic E-state index is 0.168. The van der Waals surface area contributed by atoms with Gasteiger partial charge in [0.15, 0.2) is 0 Å². The molecule has 1 atom stereocenters. The number of ether oxygens (including phenoxy) is 1. The molecule has 1 saturated heterocycles. The first kappa shape index (κ1) is 14.3. The summed E-state index contributed by atoms with van der Waals surface area (Å²) in [5, 5.41) is 0. The van der Waals surface area contributed by atoms with Gasteiger partial charge in [-0.25, -0.2) is 8.42 Å². The first-order chi connectivity index (χ1) is 8.85. The largest absolute Gasteiger partial charge is 0.397 e. The maximum atomic E-state index is 12.8. The highest BCUT2D eigenvalue weighted by Crippen LogP contribution is 2.30. The molecule has 6 heteroatoms. The van der Waals surface area contributed by atoms with Gasteiger partial charge in [0.1, 0.15) is 4.90 Å². The highest BCUT2D eigenvalue weighted by Gasteiger charge is 2.34. The molecule has 1 unspecified atom stereocenters.